The van der Waals surface area contributed by atoms with Crippen LogP contribution in [0.4, 0.5) is 0 Å². The van der Waals surface area contributed by atoms with Gasteiger partial charge < -0.3 is 8.97 Å². The Morgan fingerprint density at radius 3 is 1.61 bits per heavy atom. The third kappa shape index (κ3) is 1.96. The van der Waals surface area contributed by atoms with Crippen LogP contribution < -0.4 is 0 Å². The molecule has 0 saturated heterocycles. The first-order chi connectivity index (χ1) is 16.3. The number of fused-ring (bicyclic) bond motifs is 10. The molecule has 0 fully saturated rings. The summed E-state index contributed by atoms with van der Waals surface area (Å²) in [4.78, 5) is 0. The van der Waals surface area contributed by atoms with E-state index < -0.39 is 0 Å². The van der Waals surface area contributed by atoms with E-state index in [4.69, 9.17) is 0 Å². The van der Waals surface area contributed by atoms with E-state index in [0.29, 0.717) is 0 Å². The summed E-state index contributed by atoms with van der Waals surface area (Å²) in [6.07, 6.45) is 0. The minimum absolute atomic E-state index is 1.26. The average molecular weight is 421 g/mol. The van der Waals surface area contributed by atoms with Gasteiger partial charge in [0.05, 0.1) is 22.1 Å². The molecule has 0 amide bonds. The van der Waals surface area contributed by atoms with Crippen molar-refractivity contribution in [2.24, 2.45) is 7.05 Å². The molecule has 0 bridgehead atoms. The summed E-state index contributed by atoms with van der Waals surface area (Å²) < 4.78 is 4.89. The zero-order valence-electron chi connectivity index (χ0n) is 18.2. The van der Waals surface area contributed by atoms with Crippen molar-refractivity contribution in [1.82, 2.24) is 8.97 Å². The van der Waals surface area contributed by atoms with Crippen LogP contribution in [0.1, 0.15) is 0 Å². The first-order valence-corrected chi connectivity index (χ1v) is 11.5. The van der Waals surface area contributed by atoms with E-state index in [9.17, 15) is 0 Å². The second-order valence-corrected chi connectivity index (χ2v) is 9.01. The van der Waals surface area contributed by atoms with Gasteiger partial charge in [0.1, 0.15) is 0 Å². The number of hydrogen-bond acceptors (Lipinski definition) is 0. The molecular weight excluding hydrogens is 400 g/mol. The lowest BCUT2D eigenvalue weighted by Gasteiger charge is -2.11. The van der Waals surface area contributed by atoms with E-state index in [1.165, 1.54) is 71.0 Å². The summed E-state index contributed by atoms with van der Waals surface area (Å²) >= 11 is 0. The van der Waals surface area contributed by atoms with Gasteiger partial charge in [-0.3, -0.25) is 0 Å². The number of rotatable bonds is 1. The normalized spacial score (nSPS) is 12.4. The second kappa shape index (κ2) is 5.93. The number of para-hydroxylation sites is 3. The van der Waals surface area contributed by atoms with E-state index in [1.54, 1.807) is 0 Å². The predicted octanol–water partition coefficient (Wildman–Crippen LogP) is 8.15. The monoisotopic (exact) mass is 420 g/mol. The largest absolute Gasteiger partial charge is 0.343 e. The van der Waals surface area contributed by atoms with Crippen LogP contribution in [0, 0.1) is 0 Å². The molecule has 0 saturated carbocycles. The van der Waals surface area contributed by atoms with Gasteiger partial charge in [-0.2, -0.15) is 0 Å². The lowest BCUT2D eigenvalue weighted by molar-refractivity contribution is 1.02. The second-order valence-electron chi connectivity index (χ2n) is 9.01. The number of hydrogen-bond donors (Lipinski definition) is 0. The van der Waals surface area contributed by atoms with Gasteiger partial charge in [0.2, 0.25) is 0 Å². The van der Waals surface area contributed by atoms with Gasteiger partial charge in [-0.25, -0.2) is 0 Å². The summed E-state index contributed by atoms with van der Waals surface area (Å²) in [5.74, 6) is 0. The predicted molar refractivity (Wildman–Crippen MR) is 141 cm³/mol. The third-order valence-corrected chi connectivity index (χ3v) is 7.43. The summed E-state index contributed by atoms with van der Waals surface area (Å²) in [7, 11) is 2.22. The van der Waals surface area contributed by atoms with Crippen LogP contribution in [0.25, 0.3) is 71.0 Å². The van der Waals surface area contributed by atoms with Gasteiger partial charge in [-0.1, -0.05) is 84.9 Å². The zero-order chi connectivity index (χ0) is 21.7. The van der Waals surface area contributed by atoms with Gasteiger partial charge in [0.15, 0.2) is 0 Å². The maximum Gasteiger partial charge on any atom is 0.0634 e. The molecule has 0 atom stereocenters. The highest BCUT2D eigenvalue weighted by molar-refractivity contribution is 6.39. The van der Waals surface area contributed by atoms with E-state index in [-0.39, 0.29) is 0 Å². The molecule has 3 aromatic heterocycles. The number of nitrogens with zero attached hydrogens (tertiary/aromatic N) is 2. The molecule has 0 aliphatic heterocycles. The van der Waals surface area contributed by atoms with Crippen LogP contribution in [0.15, 0.2) is 103 Å². The lowest BCUT2D eigenvalue weighted by atomic mass is 9.93. The van der Waals surface area contributed by atoms with Crippen molar-refractivity contribution in [3.05, 3.63) is 103 Å². The number of benzene rings is 5. The van der Waals surface area contributed by atoms with Crippen molar-refractivity contribution in [2.45, 2.75) is 0 Å². The molecule has 0 N–H and O–H groups in total. The maximum atomic E-state index is 2.49. The molecule has 2 nitrogen and oxygen atoms in total. The molecule has 2 heteroatoms. The van der Waals surface area contributed by atoms with Crippen molar-refractivity contribution < 1.29 is 0 Å². The Labute approximate surface area is 190 Å². The summed E-state index contributed by atoms with van der Waals surface area (Å²) in [5.41, 5.74) is 9.05. The van der Waals surface area contributed by atoms with Crippen LogP contribution >= 0.6 is 0 Å². The van der Waals surface area contributed by atoms with Crippen LogP contribution in [-0.2, 0) is 7.05 Å². The van der Waals surface area contributed by atoms with Gasteiger partial charge in [-0.15, -0.1) is 0 Å². The Morgan fingerprint density at radius 2 is 0.939 bits per heavy atom. The third-order valence-electron chi connectivity index (χ3n) is 7.43. The quantitative estimate of drug-likeness (QED) is 0.253. The molecule has 8 aromatic rings. The SMILES string of the molecule is Cn1c2ccccc2c2c3c4ccccc4n4c5ccccc5c(c(-c5ccccc5)c21)c34. The Morgan fingerprint density at radius 1 is 0.455 bits per heavy atom. The first kappa shape index (κ1) is 17.3. The van der Waals surface area contributed by atoms with Crippen molar-refractivity contribution in [2.75, 3.05) is 0 Å². The van der Waals surface area contributed by atoms with Gasteiger partial charge >= 0.3 is 0 Å². The highest BCUT2D eigenvalue weighted by Gasteiger charge is 2.26. The van der Waals surface area contributed by atoms with Crippen molar-refractivity contribution in [1.29, 1.82) is 0 Å². The maximum absolute atomic E-state index is 2.49. The van der Waals surface area contributed by atoms with E-state index in [2.05, 4.69) is 119 Å². The first-order valence-electron chi connectivity index (χ1n) is 11.5. The topological polar surface area (TPSA) is 9.34 Å². The molecule has 3 heterocycles. The number of aromatic nitrogens is 2. The Hall–Kier alpha value is -4.30. The minimum Gasteiger partial charge on any atom is -0.343 e. The van der Waals surface area contributed by atoms with Crippen LogP contribution in [0.2, 0.25) is 0 Å². The van der Waals surface area contributed by atoms with Gasteiger partial charge in [0.25, 0.3) is 0 Å². The Balaban J connectivity index is 1.86. The van der Waals surface area contributed by atoms with E-state index in [1.807, 2.05) is 0 Å². The molecular formula is C31H20N2. The lowest BCUT2D eigenvalue weighted by Crippen LogP contribution is -1.91. The zero-order valence-corrected chi connectivity index (χ0v) is 18.2. The van der Waals surface area contributed by atoms with E-state index in [0.717, 1.165) is 0 Å². The standard InChI is InChI=1S/C31H20N2/c1-32-23-16-8-5-13-20(23)28-29-22-15-7-10-18-25(22)33-24-17-9-6-14-21(24)27(31(29)33)26(30(28)32)19-11-3-2-4-12-19/h2-18H,1H3. The van der Waals surface area contributed by atoms with Crippen LogP contribution in [-0.4, -0.2) is 8.97 Å². The molecule has 5 aromatic carbocycles. The molecule has 0 radical (unpaired) electrons. The smallest absolute Gasteiger partial charge is 0.0634 e. The van der Waals surface area contributed by atoms with Gasteiger partial charge in [0, 0.05) is 50.4 Å². The Kier molecular flexibility index (Phi) is 3.11. The van der Waals surface area contributed by atoms with Crippen molar-refractivity contribution >= 4 is 59.9 Å². The Bertz CT molecular complexity index is 2020. The van der Waals surface area contributed by atoms with Crippen molar-refractivity contribution in [3.63, 3.8) is 0 Å². The summed E-state index contributed by atoms with van der Waals surface area (Å²) in [6.45, 7) is 0. The van der Waals surface area contributed by atoms with E-state index >= 15 is 0 Å². The fraction of sp³-hybridized carbons (Fsp3) is 0.0323. The number of aryl methyl sites for hydroxylation is 1. The average Bonchev–Trinajstić information content (AvgIpc) is 3.49. The highest BCUT2D eigenvalue weighted by atomic mass is 15.0. The molecule has 154 valence electrons. The molecule has 0 aliphatic carbocycles. The molecule has 0 unspecified atom stereocenters. The van der Waals surface area contributed by atoms with Crippen molar-refractivity contribution in [3.8, 4) is 11.1 Å². The van der Waals surface area contributed by atoms with Crippen LogP contribution in [0.5, 0.6) is 0 Å². The summed E-state index contributed by atoms with van der Waals surface area (Å²) in [6, 6.07) is 37.5. The molecule has 8 rings (SSSR count). The highest BCUT2D eigenvalue weighted by Crippen LogP contribution is 2.50. The fourth-order valence-electron chi connectivity index (χ4n) is 6.18. The minimum atomic E-state index is 1.26. The fourth-order valence-corrected chi connectivity index (χ4v) is 6.18. The van der Waals surface area contributed by atoms with Gasteiger partial charge in [-0.05, 0) is 23.8 Å². The molecule has 33 heavy (non-hydrogen) atoms. The van der Waals surface area contributed by atoms with Crippen LogP contribution in [0.3, 0.4) is 0 Å². The summed E-state index contributed by atoms with van der Waals surface area (Å²) in [5, 5.41) is 8.02. The molecule has 0 aliphatic rings. The molecule has 0 spiro atoms.